The van der Waals surface area contributed by atoms with E-state index < -0.39 is 29.0 Å². The molecule has 0 aromatic heterocycles. The molecule has 0 saturated heterocycles. The van der Waals surface area contributed by atoms with Crippen molar-refractivity contribution in [1.82, 2.24) is 0 Å². The molecular formula is C48H68F2O7. The van der Waals surface area contributed by atoms with Crippen molar-refractivity contribution in [2.24, 2.45) is 0 Å². The number of carbonyl (C=O) groups is 4. The maximum Gasteiger partial charge on any atom is 0.330 e. The minimum atomic E-state index is -0.945. The monoisotopic (exact) mass is 794 g/mol. The van der Waals surface area contributed by atoms with Crippen LogP contribution in [-0.2, 0) is 38.8 Å². The molecule has 0 radical (unpaired) electrons. The van der Waals surface area contributed by atoms with Crippen molar-refractivity contribution in [3.63, 3.8) is 0 Å². The normalized spacial score (nSPS) is 11.2. The van der Waals surface area contributed by atoms with Crippen molar-refractivity contribution < 1.29 is 42.2 Å². The second kappa shape index (κ2) is 30.9. The first-order valence-corrected chi connectivity index (χ1v) is 21.5. The van der Waals surface area contributed by atoms with Gasteiger partial charge >= 0.3 is 17.9 Å². The van der Waals surface area contributed by atoms with E-state index in [4.69, 9.17) is 14.2 Å². The molecule has 0 heterocycles. The molecule has 57 heavy (non-hydrogen) atoms. The number of ether oxygens (including phenoxy) is 3. The molecule has 9 heteroatoms. The van der Waals surface area contributed by atoms with Crippen LogP contribution in [0.2, 0.25) is 0 Å². The van der Waals surface area contributed by atoms with Crippen LogP contribution in [0.5, 0.6) is 0 Å². The summed E-state index contributed by atoms with van der Waals surface area (Å²) in [5.74, 6) is -2.99. The molecule has 0 fully saturated rings. The molecule has 316 valence electrons. The van der Waals surface area contributed by atoms with E-state index in [9.17, 15) is 28.0 Å². The predicted molar refractivity (Wildman–Crippen MR) is 224 cm³/mol. The van der Waals surface area contributed by atoms with E-state index in [-0.39, 0.29) is 11.5 Å². The maximum atomic E-state index is 14.7. The van der Waals surface area contributed by atoms with Crippen molar-refractivity contribution in [3.05, 3.63) is 85.0 Å². The fourth-order valence-electron chi connectivity index (χ4n) is 7.24. The molecule has 7 nitrogen and oxygen atoms in total. The van der Waals surface area contributed by atoms with Gasteiger partial charge in [0.05, 0.1) is 25.2 Å². The highest BCUT2D eigenvalue weighted by atomic mass is 19.2. The van der Waals surface area contributed by atoms with Crippen LogP contribution in [0, 0.1) is 11.6 Å². The van der Waals surface area contributed by atoms with Gasteiger partial charge in [0.25, 0.3) is 0 Å². The van der Waals surface area contributed by atoms with Crippen LogP contribution in [0.15, 0.2) is 67.8 Å². The van der Waals surface area contributed by atoms with Gasteiger partial charge in [0.2, 0.25) is 0 Å². The Morgan fingerprint density at radius 1 is 0.544 bits per heavy atom. The van der Waals surface area contributed by atoms with E-state index >= 15 is 0 Å². The van der Waals surface area contributed by atoms with E-state index in [2.05, 4.69) is 13.2 Å². The third-order valence-electron chi connectivity index (χ3n) is 10.6. The summed E-state index contributed by atoms with van der Waals surface area (Å²) in [4.78, 5) is 47.6. The smallest absolute Gasteiger partial charge is 0.330 e. The second-order valence-corrected chi connectivity index (χ2v) is 15.0. The van der Waals surface area contributed by atoms with Crippen LogP contribution in [0.3, 0.4) is 0 Å². The van der Waals surface area contributed by atoms with Crippen molar-refractivity contribution in [2.75, 3.05) is 19.8 Å². The summed E-state index contributed by atoms with van der Waals surface area (Å²) in [7, 11) is 0. The number of hydrogen-bond acceptors (Lipinski definition) is 7. The molecule has 2 aromatic carbocycles. The van der Waals surface area contributed by atoms with Crippen LogP contribution in [-0.4, -0.2) is 44.0 Å². The van der Waals surface area contributed by atoms with Crippen molar-refractivity contribution in [2.45, 2.75) is 160 Å². The van der Waals surface area contributed by atoms with Gasteiger partial charge in [-0.2, -0.15) is 0 Å². The molecule has 0 atom stereocenters. The van der Waals surface area contributed by atoms with Gasteiger partial charge in [0, 0.05) is 24.1 Å². The predicted octanol–water partition coefficient (Wildman–Crippen LogP) is 12.4. The van der Waals surface area contributed by atoms with E-state index in [1.165, 1.54) is 63.5 Å². The average Bonchev–Trinajstić information content (AvgIpc) is 3.22. The van der Waals surface area contributed by atoms with Gasteiger partial charge < -0.3 is 19.0 Å². The number of halogens is 2. The summed E-state index contributed by atoms with van der Waals surface area (Å²) in [6.07, 6.45) is 26.2. The number of esters is 3. The lowest BCUT2D eigenvalue weighted by Crippen LogP contribution is -2.38. The summed E-state index contributed by atoms with van der Waals surface area (Å²) in [6, 6.07) is 11.3. The maximum absolute atomic E-state index is 14.7. The molecule has 0 saturated carbocycles. The van der Waals surface area contributed by atoms with Crippen LogP contribution in [0.1, 0.15) is 160 Å². The number of carbonyl (C=O) groups excluding carboxylic acids is 4. The number of aldehydes is 1. The van der Waals surface area contributed by atoms with Crippen LogP contribution in [0.25, 0.3) is 11.1 Å². The molecule has 2 aromatic rings. The number of benzene rings is 2. The van der Waals surface area contributed by atoms with Crippen LogP contribution in [0.4, 0.5) is 8.78 Å². The molecule has 0 aliphatic heterocycles. The number of hydrogen-bond donors (Lipinski definition) is 0. The van der Waals surface area contributed by atoms with Crippen molar-refractivity contribution >= 4 is 24.2 Å². The van der Waals surface area contributed by atoms with Gasteiger partial charge in [0.15, 0.2) is 11.6 Å². The van der Waals surface area contributed by atoms with E-state index in [1.54, 1.807) is 12.1 Å². The Bertz CT molecular complexity index is 1420. The van der Waals surface area contributed by atoms with E-state index in [1.807, 2.05) is 12.1 Å². The molecule has 0 amide bonds. The van der Waals surface area contributed by atoms with Crippen LogP contribution >= 0.6 is 0 Å². The Morgan fingerprint density at radius 2 is 0.965 bits per heavy atom. The summed E-state index contributed by atoms with van der Waals surface area (Å²) in [6.45, 7) is 7.81. The first-order chi connectivity index (χ1) is 27.8. The molecule has 0 aliphatic carbocycles. The highest BCUT2D eigenvalue weighted by Gasteiger charge is 2.40. The fourth-order valence-corrected chi connectivity index (χ4v) is 7.24. The lowest BCUT2D eigenvalue weighted by atomic mass is 9.72. The first-order valence-electron chi connectivity index (χ1n) is 21.5. The lowest BCUT2D eigenvalue weighted by Gasteiger charge is -2.33. The van der Waals surface area contributed by atoms with Gasteiger partial charge in [-0.3, -0.25) is 4.79 Å². The molecule has 0 bridgehead atoms. The van der Waals surface area contributed by atoms with Gasteiger partial charge in [-0.25, -0.2) is 18.4 Å². The molecule has 0 aliphatic rings. The summed E-state index contributed by atoms with van der Waals surface area (Å²) >= 11 is 0. The highest BCUT2D eigenvalue weighted by molar-refractivity contribution is 5.84. The zero-order chi connectivity index (χ0) is 41.4. The molecule has 0 unspecified atom stereocenters. The summed E-state index contributed by atoms with van der Waals surface area (Å²) < 4.78 is 45.2. The van der Waals surface area contributed by atoms with Crippen molar-refractivity contribution in [1.29, 1.82) is 0 Å². The average molecular weight is 795 g/mol. The second-order valence-electron chi connectivity index (χ2n) is 15.0. The summed E-state index contributed by atoms with van der Waals surface area (Å²) in [5.41, 5.74) is 0.510. The van der Waals surface area contributed by atoms with E-state index in [0.29, 0.717) is 57.5 Å². The molecular weight excluding hydrogens is 727 g/mol. The Morgan fingerprint density at radius 3 is 1.42 bits per heavy atom. The third-order valence-corrected chi connectivity index (χ3v) is 10.6. The standard InChI is InChI=1S/C48H68F2O7/c1-3-44(52)55-37-24-19-15-21-34-48(35-22-16-20-25-38-56-45(53)4-2,41-32-30-40(31-33-41)42-28-27-29-43(49)46(42)50)47(54)57-39-26-18-14-12-10-8-6-5-7-9-11-13-17-23-36-51/h3-4,27-33,36H,1-2,5-26,34-35,37-39H2. The number of rotatable bonds is 35. The first kappa shape index (κ1) is 49.0. The Balaban J connectivity index is 2.05. The zero-order valence-corrected chi connectivity index (χ0v) is 34.4. The Hall–Kier alpha value is -4.14. The fraction of sp³-hybridized carbons (Fsp3) is 0.583. The Kier molecular flexibility index (Phi) is 26.6. The van der Waals surface area contributed by atoms with Crippen molar-refractivity contribution in [3.8, 4) is 11.1 Å². The van der Waals surface area contributed by atoms with E-state index in [0.717, 1.165) is 101 Å². The molecule has 0 N–H and O–H groups in total. The summed E-state index contributed by atoms with van der Waals surface area (Å²) in [5, 5.41) is 0. The van der Waals surface area contributed by atoms with Gasteiger partial charge in [-0.15, -0.1) is 0 Å². The zero-order valence-electron chi connectivity index (χ0n) is 34.4. The molecule has 0 spiro atoms. The SMILES string of the molecule is C=CC(=O)OCCCCCCC(CCCCCCOC(=O)C=C)(C(=O)OCCCCCCCCCCCCCCCC=O)c1ccc(-c2cccc(F)c2F)cc1. The van der Waals surface area contributed by atoms with Crippen LogP contribution < -0.4 is 0 Å². The largest absolute Gasteiger partial charge is 0.465 e. The van der Waals surface area contributed by atoms with Gasteiger partial charge in [-0.1, -0.05) is 159 Å². The minimum absolute atomic E-state index is 0.155. The Labute approximate surface area is 341 Å². The quantitative estimate of drug-likeness (QED) is 0.0225. The van der Waals surface area contributed by atoms with Gasteiger partial charge in [0.1, 0.15) is 6.29 Å². The minimum Gasteiger partial charge on any atom is -0.465 e. The lowest BCUT2D eigenvalue weighted by molar-refractivity contribution is -0.152. The number of unbranched alkanes of at least 4 members (excludes halogenated alkanes) is 19. The van der Waals surface area contributed by atoms with Gasteiger partial charge in [-0.05, 0) is 55.7 Å². The third kappa shape index (κ3) is 20.2. The molecule has 2 rings (SSSR count). The topological polar surface area (TPSA) is 96.0 Å². The highest BCUT2D eigenvalue weighted by Crippen LogP contribution is 2.39.